The lowest BCUT2D eigenvalue weighted by Crippen LogP contribution is -2.39. The number of ether oxygens (including phenoxy) is 2. The Morgan fingerprint density at radius 2 is 1.91 bits per heavy atom. The molecule has 0 spiro atoms. The number of carbonyl (C=O) groups is 1. The second-order valence-electron chi connectivity index (χ2n) is 7.88. The molecule has 0 amide bonds. The van der Waals surface area contributed by atoms with Gasteiger partial charge >= 0.3 is 0 Å². The lowest BCUT2D eigenvalue weighted by atomic mass is 9.75. The molecule has 0 saturated carbocycles. The van der Waals surface area contributed by atoms with Crippen molar-refractivity contribution < 1.29 is 14.3 Å². The van der Waals surface area contributed by atoms with Crippen molar-refractivity contribution in [2.75, 3.05) is 19.1 Å². The molecule has 0 radical (unpaired) electrons. The van der Waals surface area contributed by atoms with Gasteiger partial charge in [0.25, 0.3) is 0 Å². The molecule has 2 N–H and O–H groups in total. The largest absolute Gasteiger partial charge is 0.493 e. The molecular weight excluding hydrogens is 404 g/mol. The number of fused-ring (bicyclic) bond motifs is 4. The summed E-state index contributed by atoms with van der Waals surface area (Å²) in [5, 5.41) is 10.3. The molecule has 7 nitrogen and oxygen atoms in total. The van der Waals surface area contributed by atoms with Gasteiger partial charge in [-0.3, -0.25) is 9.69 Å². The highest BCUT2D eigenvalue weighted by Gasteiger charge is 2.43. The number of benzene rings is 2. The van der Waals surface area contributed by atoms with Gasteiger partial charge in [0.2, 0.25) is 0 Å². The Balaban J connectivity index is 1.80. The van der Waals surface area contributed by atoms with E-state index in [0.717, 1.165) is 35.4 Å². The zero-order valence-corrected chi connectivity index (χ0v) is 17.9. The van der Waals surface area contributed by atoms with E-state index in [0.29, 0.717) is 40.7 Å². The van der Waals surface area contributed by atoms with Crippen molar-refractivity contribution in [3.63, 3.8) is 0 Å². The molecule has 2 heterocycles. The van der Waals surface area contributed by atoms with E-state index < -0.39 is 5.92 Å². The zero-order chi connectivity index (χ0) is 22.4. The number of hydrogen-bond donors (Lipinski definition) is 1. The molecule has 160 valence electrons. The lowest BCUT2D eigenvalue weighted by molar-refractivity contribution is -0.116. The Labute approximate surface area is 186 Å². The quantitative estimate of drug-likeness (QED) is 0.802. The van der Waals surface area contributed by atoms with Crippen LogP contribution in [0.1, 0.15) is 36.3 Å². The van der Waals surface area contributed by atoms with Gasteiger partial charge in [-0.2, -0.15) is 5.26 Å². The van der Waals surface area contributed by atoms with Gasteiger partial charge in [0.1, 0.15) is 5.84 Å². The average Bonchev–Trinajstić information content (AvgIpc) is 2.83. The van der Waals surface area contributed by atoms with Crippen LogP contribution < -0.4 is 20.1 Å². The molecule has 0 fully saturated rings. The SMILES string of the molecule is COc1ccc([C@H]2C(C#N)=C3N=C(N)c4ccccc4N3C3=C2C(=O)CCC3)cc1OC. The van der Waals surface area contributed by atoms with Crippen molar-refractivity contribution >= 4 is 17.3 Å². The van der Waals surface area contributed by atoms with Gasteiger partial charge in [-0.1, -0.05) is 18.2 Å². The van der Waals surface area contributed by atoms with Crippen LogP contribution in [-0.2, 0) is 4.79 Å². The summed E-state index contributed by atoms with van der Waals surface area (Å²) in [4.78, 5) is 19.9. The van der Waals surface area contributed by atoms with Crippen LogP contribution in [0.2, 0.25) is 0 Å². The van der Waals surface area contributed by atoms with E-state index in [1.807, 2.05) is 41.3 Å². The number of allylic oxidation sites excluding steroid dienone is 3. The molecule has 0 aromatic heterocycles. The summed E-state index contributed by atoms with van der Waals surface area (Å²) < 4.78 is 10.9. The first-order valence-corrected chi connectivity index (χ1v) is 10.4. The molecule has 3 aliphatic rings. The summed E-state index contributed by atoms with van der Waals surface area (Å²) in [6.07, 6.45) is 1.93. The number of nitriles is 1. The Morgan fingerprint density at radius 1 is 1.12 bits per heavy atom. The Morgan fingerprint density at radius 3 is 2.66 bits per heavy atom. The summed E-state index contributed by atoms with van der Waals surface area (Å²) in [6.45, 7) is 0. The monoisotopic (exact) mass is 426 g/mol. The predicted molar refractivity (Wildman–Crippen MR) is 120 cm³/mol. The smallest absolute Gasteiger partial charge is 0.161 e. The van der Waals surface area contributed by atoms with Gasteiger partial charge in [-0.15, -0.1) is 0 Å². The fraction of sp³-hybridized carbons (Fsp3) is 0.240. The molecule has 32 heavy (non-hydrogen) atoms. The van der Waals surface area contributed by atoms with Gasteiger partial charge in [-0.05, 0) is 42.7 Å². The molecular formula is C25H22N4O3. The third-order valence-electron chi connectivity index (χ3n) is 6.24. The van der Waals surface area contributed by atoms with Gasteiger partial charge < -0.3 is 15.2 Å². The number of Topliss-reactive ketones (excluding diaryl/α,β-unsaturated/α-hetero) is 1. The number of nitrogens with two attached hydrogens (primary N) is 1. The molecule has 1 aliphatic carbocycles. The number of amidine groups is 1. The third-order valence-corrected chi connectivity index (χ3v) is 6.24. The standard InChI is InChI=1S/C25H22N4O3/c1-31-20-11-10-14(12-21(20)32-2)22-16(13-26)25-28-24(27)15-6-3-4-7-17(15)29(25)18-8-5-9-19(30)23(18)22/h3-4,6-7,10-12,22H,5,8-9H2,1-2H3,(H2,27,28)/t22-/m0/s1. The van der Waals surface area contributed by atoms with Gasteiger partial charge in [-0.25, -0.2) is 4.99 Å². The molecule has 0 unspecified atom stereocenters. The number of hydrogen-bond acceptors (Lipinski definition) is 7. The highest BCUT2D eigenvalue weighted by atomic mass is 16.5. The summed E-state index contributed by atoms with van der Waals surface area (Å²) in [7, 11) is 3.13. The van der Waals surface area contributed by atoms with E-state index in [1.165, 1.54) is 0 Å². The summed E-state index contributed by atoms with van der Waals surface area (Å²) >= 11 is 0. The van der Waals surface area contributed by atoms with E-state index in [1.54, 1.807) is 20.3 Å². The first-order chi connectivity index (χ1) is 15.6. The maximum absolute atomic E-state index is 13.3. The molecule has 7 heteroatoms. The van der Waals surface area contributed by atoms with Crippen molar-refractivity contribution in [2.45, 2.75) is 25.2 Å². The number of aliphatic imine (C=N–C) groups is 1. The summed E-state index contributed by atoms with van der Waals surface area (Å²) in [5.74, 6) is 1.47. The van der Waals surface area contributed by atoms with Crippen molar-refractivity contribution in [3.8, 4) is 17.6 Å². The predicted octanol–water partition coefficient (Wildman–Crippen LogP) is 3.77. The fourth-order valence-electron chi connectivity index (χ4n) is 4.84. The Bertz CT molecular complexity index is 1280. The number of para-hydroxylation sites is 1. The topological polar surface area (TPSA) is 101 Å². The number of nitrogens with zero attached hydrogens (tertiary/aromatic N) is 3. The number of carbonyl (C=O) groups excluding carboxylic acids is 1. The van der Waals surface area contributed by atoms with Crippen molar-refractivity contribution in [2.24, 2.45) is 10.7 Å². The van der Waals surface area contributed by atoms with E-state index in [-0.39, 0.29) is 5.78 Å². The third kappa shape index (κ3) is 2.80. The van der Waals surface area contributed by atoms with Gasteiger partial charge in [0, 0.05) is 23.3 Å². The minimum atomic E-state index is -0.546. The maximum atomic E-state index is 13.3. The molecule has 1 atom stereocenters. The van der Waals surface area contributed by atoms with Crippen LogP contribution in [0.4, 0.5) is 5.69 Å². The number of anilines is 1. The lowest BCUT2D eigenvalue weighted by Gasteiger charge is -2.41. The van der Waals surface area contributed by atoms with Crippen LogP contribution in [0.25, 0.3) is 0 Å². The molecule has 5 rings (SSSR count). The first-order valence-electron chi connectivity index (χ1n) is 10.4. The first kappa shape index (κ1) is 19.9. The number of ketones is 1. The van der Waals surface area contributed by atoms with Gasteiger partial charge in [0.05, 0.1) is 37.5 Å². The van der Waals surface area contributed by atoms with Crippen LogP contribution in [0.15, 0.2) is 70.1 Å². The van der Waals surface area contributed by atoms with E-state index in [2.05, 4.69) is 11.1 Å². The Kier molecular flexibility index (Phi) is 4.71. The molecule has 2 aromatic rings. The van der Waals surface area contributed by atoms with Crippen LogP contribution in [0, 0.1) is 11.3 Å². The van der Waals surface area contributed by atoms with Crippen molar-refractivity contribution in [1.82, 2.24) is 0 Å². The normalized spacial score (nSPS) is 19.5. The number of methoxy groups -OCH3 is 2. The van der Waals surface area contributed by atoms with Crippen molar-refractivity contribution in [3.05, 3.63) is 76.3 Å². The Hall–Kier alpha value is -4.05. The zero-order valence-electron chi connectivity index (χ0n) is 17.9. The van der Waals surface area contributed by atoms with Crippen LogP contribution in [-0.4, -0.2) is 25.8 Å². The van der Waals surface area contributed by atoms with Crippen molar-refractivity contribution in [1.29, 1.82) is 5.26 Å². The number of rotatable bonds is 3. The molecule has 0 saturated heterocycles. The maximum Gasteiger partial charge on any atom is 0.161 e. The minimum Gasteiger partial charge on any atom is -0.493 e. The highest BCUT2D eigenvalue weighted by molar-refractivity contribution is 6.08. The molecule has 2 aromatic carbocycles. The second-order valence-corrected chi connectivity index (χ2v) is 7.88. The molecule has 0 bridgehead atoms. The van der Waals surface area contributed by atoms with Crippen LogP contribution in [0.5, 0.6) is 11.5 Å². The van der Waals surface area contributed by atoms with E-state index in [9.17, 15) is 10.1 Å². The van der Waals surface area contributed by atoms with Crippen LogP contribution in [0.3, 0.4) is 0 Å². The van der Waals surface area contributed by atoms with Gasteiger partial charge in [0.15, 0.2) is 23.1 Å². The highest BCUT2D eigenvalue weighted by Crippen LogP contribution is 2.50. The summed E-state index contributed by atoms with van der Waals surface area (Å²) in [6, 6.07) is 15.5. The summed E-state index contributed by atoms with van der Waals surface area (Å²) in [5.41, 5.74) is 10.6. The molecule has 2 aliphatic heterocycles. The van der Waals surface area contributed by atoms with E-state index >= 15 is 0 Å². The fourth-order valence-corrected chi connectivity index (χ4v) is 4.84. The van der Waals surface area contributed by atoms with E-state index in [4.69, 9.17) is 15.2 Å². The van der Waals surface area contributed by atoms with Crippen LogP contribution >= 0.6 is 0 Å². The second kappa shape index (κ2) is 7.57. The minimum absolute atomic E-state index is 0.0536. The average molecular weight is 426 g/mol.